The number of hydrogen-bond acceptors (Lipinski definition) is 6. The van der Waals surface area contributed by atoms with Crippen LogP contribution in [0.3, 0.4) is 0 Å². The van der Waals surface area contributed by atoms with Gasteiger partial charge in [-0.05, 0) is 42.2 Å². The Kier molecular flexibility index (Phi) is 4.62. The summed E-state index contributed by atoms with van der Waals surface area (Å²) in [7, 11) is -0.771. The van der Waals surface area contributed by atoms with Crippen LogP contribution in [0.5, 0.6) is 5.75 Å². The zero-order chi connectivity index (χ0) is 18.2. The van der Waals surface area contributed by atoms with E-state index in [9.17, 15) is 13.2 Å². The predicted octanol–water partition coefficient (Wildman–Crippen LogP) is 3.35. The number of ether oxygens (including phenoxy) is 2. The fraction of sp³-hybridized carbons (Fsp3) is 0.167. The normalized spacial score (nSPS) is 15.0. The highest BCUT2D eigenvalue weighted by atomic mass is 32.3. The summed E-state index contributed by atoms with van der Waals surface area (Å²) < 4.78 is 35.9. The summed E-state index contributed by atoms with van der Waals surface area (Å²) in [5.74, 6) is 0.0554. The summed E-state index contributed by atoms with van der Waals surface area (Å²) in [6.45, 7) is 0. The molecule has 25 heavy (non-hydrogen) atoms. The van der Waals surface area contributed by atoms with Crippen molar-refractivity contribution in [2.75, 3.05) is 20.5 Å². The number of hydrogen-bond donors (Lipinski definition) is 0. The number of carbonyl (C=O) groups excluding carboxylic acids is 1. The molecule has 0 fully saturated rings. The molecule has 0 spiro atoms. The van der Waals surface area contributed by atoms with Gasteiger partial charge in [0.1, 0.15) is 9.99 Å². The summed E-state index contributed by atoms with van der Waals surface area (Å²) in [6.07, 6.45) is 1.73. The number of rotatable bonds is 4. The van der Waals surface area contributed by atoms with Crippen molar-refractivity contribution in [2.24, 2.45) is 0 Å². The van der Waals surface area contributed by atoms with E-state index in [1.165, 1.54) is 32.0 Å². The molecule has 130 valence electrons. The number of carbonyl (C=O) groups is 1. The highest BCUT2D eigenvalue weighted by Gasteiger charge is 2.36. The maximum Gasteiger partial charge on any atom is 0.337 e. The Morgan fingerprint density at radius 3 is 2.28 bits per heavy atom. The molecule has 0 aromatic heterocycles. The van der Waals surface area contributed by atoms with Crippen molar-refractivity contribution in [1.29, 1.82) is 0 Å². The zero-order valence-corrected chi connectivity index (χ0v) is 15.5. The van der Waals surface area contributed by atoms with E-state index in [1.54, 1.807) is 42.7 Å². The number of thioether (sulfide) groups is 1. The molecule has 0 saturated heterocycles. The maximum absolute atomic E-state index is 12.9. The van der Waals surface area contributed by atoms with Gasteiger partial charge in [-0.3, -0.25) is 0 Å². The molecule has 0 unspecified atom stereocenters. The first-order valence-electron chi connectivity index (χ1n) is 7.34. The van der Waals surface area contributed by atoms with Gasteiger partial charge in [-0.1, -0.05) is 12.1 Å². The van der Waals surface area contributed by atoms with Crippen LogP contribution >= 0.6 is 11.8 Å². The van der Waals surface area contributed by atoms with E-state index in [-0.39, 0.29) is 4.90 Å². The quantitative estimate of drug-likeness (QED) is 0.762. The molecule has 0 amide bonds. The molecule has 0 N–H and O–H groups in total. The van der Waals surface area contributed by atoms with Crippen LogP contribution in [0.2, 0.25) is 0 Å². The minimum absolute atomic E-state index is 0.239. The Labute approximate surface area is 150 Å². The molecule has 5 nitrogen and oxygen atoms in total. The van der Waals surface area contributed by atoms with Gasteiger partial charge in [0.2, 0.25) is 9.84 Å². The van der Waals surface area contributed by atoms with Crippen LogP contribution in [0, 0.1) is 0 Å². The van der Waals surface area contributed by atoms with Gasteiger partial charge in [0.05, 0.1) is 24.7 Å². The van der Waals surface area contributed by atoms with Gasteiger partial charge in [0.25, 0.3) is 0 Å². The molecule has 0 bridgehead atoms. The third-order valence-electron chi connectivity index (χ3n) is 3.98. The zero-order valence-electron chi connectivity index (χ0n) is 13.9. The molecule has 0 atom stereocenters. The number of esters is 1. The molecule has 1 aliphatic heterocycles. The average molecular weight is 376 g/mol. The van der Waals surface area contributed by atoms with Gasteiger partial charge in [-0.2, -0.15) is 0 Å². The molecule has 0 aliphatic carbocycles. The fourth-order valence-electron chi connectivity index (χ4n) is 2.78. The minimum Gasteiger partial charge on any atom is -0.497 e. The highest BCUT2D eigenvalue weighted by molar-refractivity contribution is 8.18. The van der Waals surface area contributed by atoms with Crippen LogP contribution in [0.15, 0.2) is 51.6 Å². The van der Waals surface area contributed by atoms with E-state index in [4.69, 9.17) is 9.47 Å². The topological polar surface area (TPSA) is 69.7 Å². The van der Waals surface area contributed by atoms with Gasteiger partial charge in [0, 0.05) is 11.1 Å². The van der Waals surface area contributed by atoms with E-state index in [1.807, 2.05) is 0 Å². The standard InChI is InChI=1S/C18H16O5S2/c1-22-13-8-9-14-15(10-13)25(20,21)18(24-3)16(14)11-4-6-12(7-5-11)17(19)23-2/h4-10H,1-3H3. The van der Waals surface area contributed by atoms with Crippen LogP contribution in [-0.4, -0.2) is 34.9 Å². The van der Waals surface area contributed by atoms with Crippen molar-refractivity contribution >= 4 is 33.1 Å². The van der Waals surface area contributed by atoms with Gasteiger partial charge in [-0.15, -0.1) is 11.8 Å². The van der Waals surface area contributed by atoms with Gasteiger partial charge < -0.3 is 9.47 Å². The maximum atomic E-state index is 12.9. The summed E-state index contributed by atoms with van der Waals surface area (Å²) in [5, 5.41) is 0. The Bertz CT molecular complexity index is 973. The Morgan fingerprint density at radius 2 is 1.72 bits per heavy atom. The second-order valence-electron chi connectivity index (χ2n) is 5.30. The van der Waals surface area contributed by atoms with Crippen LogP contribution in [0.1, 0.15) is 21.5 Å². The molecule has 7 heteroatoms. The Balaban J connectivity index is 2.19. The van der Waals surface area contributed by atoms with E-state index in [0.29, 0.717) is 26.7 Å². The van der Waals surface area contributed by atoms with E-state index in [0.717, 1.165) is 5.56 Å². The van der Waals surface area contributed by atoms with Crippen LogP contribution in [0.25, 0.3) is 5.57 Å². The molecule has 2 aromatic carbocycles. The van der Waals surface area contributed by atoms with Crippen molar-refractivity contribution in [1.82, 2.24) is 0 Å². The first-order valence-corrected chi connectivity index (χ1v) is 10.1. The third-order valence-corrected chi connectivity index (χ3v) is 7.32. The van der Waals surface area contributed by atoms with Gasteiger partial charge in [0.15, 0.2) is 0 Å². The lowest BCUT2D eigenvalue weighted by Gasteiger charge is -2.08. The largest absolute Gasteiger partial charge is 0.497 e. The molecule has 3 rings (SSSR count). The Hall–Kier alpha value is -2.25. The molecule has 1 heterocycles. The van der Waals surface area contributed by atoms with Crippen LogP contribution in [0.4, 0.5) is 0 Å². The number of fused-ring (bicyclic) bond motifs is 1. The molecular formula is C18H16O5S2. The van der Waals surface area contributed by atoms with Crippen molar-refractivity contribution in [3.63, 3.8) is 0 Å². The van der Waals surface area contributed by atoms with E-state index >= 15 is 0 Å². The minimum atomic E-state index is -3.59. The fourth-order valence-corrected chi connectivity index (χ4v) is 5.78. The lowest BCUT2D eigenvalue weighted by Crippen LogP contribution is -2.01. The van der Waals surface area contributed by atoms with E-state index in [2.05, 4.69) is 0 Å². The summed E-state index contributed by atoms with van der Waals surface area (Å²) in [4.78, 5) is 11.8. The van der Waals surface area contributed by atoms with Crippen LogP contribution in [-0.2, 0) is 14.6 Å². The summed E-state index contributed by atoms with van der Waals surface area (Å²) in [5.41, 5.74) is 2.41. The predicted molar refractivity (Wildman–Crippen MR) is 97.5 cm³/mol. The van der Waals surface area contributed by atoms with Crippen LogP contribution < -0.4 is 4.74 Å². The second-order valence-corrected chi connectivity index (χ2v) is 8.23. The molecule has 1 aliphatic rings. The monoisotopic (exact) mass is 376 g/mol. The second kappa shape index (κ2) is 6.57. The van der Waals surface area contributed by atoms with Crippen molar-refractivity contribution in [2.45, 2.75) is 4.90 Å². The number of sulfone groups is 1. The first kappa shape index (κ1) is 17.6. The smallest absolute Gasteiger partial charge is 0.337 e. The summed E-state index contributed by atoms with van der Waals surface area (Å²) >= 11 is 1.19. The number of benzene rings is 2. The molecular weight excluding hydrogens is 360 g/mol. The third kappa shape index (κ3) is 2.83. The lowest BCUT2D eigenvalue weighted by molar-refractivity contribution is 0.0600. The number of methoxy groups -OCH3 is 2. The SMILES string of the molecule is COC(=O)c1ccc(C2=C(SC)S(=O)(=O)c3cc(OC)ccc32)cc1. The van der Waals surface area contributed by atoms with Crippen molar-refractivity contribution < 1.29 is 22.7 Å². The lowest BCUT2D eigenvalue weighted by atomic mass is 9.98. The van der Waals surface area contributed by atoms with E-state index < -0.39 is 15.8 Å². The highest BCUT2D eigenvalue weighted by Crippen LogP contribution is 2.47. The average Bonchev–Trinajstić information content (AvgIpc) is 2.87. The molecule has 0 saturated carbocycles. The van der Waals surface area contributed by atoms with Crippen molar-refractivity contribution in [3.8, 4) is 5.75 Å². The first-order chi connectivity index (χ1) is 11.9. The van der Waals surface area contributed by atoms with Gasteiger partial charge >= 0.3 is 5.97 Å². The molecule has 0 radical (unpaired) electrons. The van der Waals surface area contributed by atoms with Gasteiger partial charge in [-0.25, -0.2) is 13.2 Å². The van der Waals surface area contributed by atoms with Crippen molar-refractivity contribution in [3.05, 3.63) is 63.4 Å². The molecule has 2 aromatic rings. The Morgan fingerprint density at radius 1 is 1.04 bits per heavy atom. The summed E-state index contributed by atoms with van der Waals surface area (Å²) in [6, 6.07) is 11.7.